The molecule has 138 valence electrons. The molecule has 7 heteroatoms. The summed E-state index contributed by atoms with van der Waals surface area (Å²) < 4.78 is 44.4. The van der Waals surface area contributed by atoms with E-state index in [0.717, 1.165) is 0 Å². The topological polar surface area (TPSA) is 54.0 Å². The van der Waals surface area contributed by atoms with Crippen LogP contribution < -0.4 is 18.9 Å². The number of methoxy groups -OCH3 is 3. The van der Waals surface area contributed by atoms with E-state index in [-0.39, 0.29) is 17.3 Å². The maximum absolute atomic E-state index is 12.5. The molecule has 0 fully saturated rings. The standard InChI is InChI=1S/C19H18F2O5/c1-23-13-6-9-16(24-2)14(11-13)15(22)7-4-12-5-8-17(26-19(20)21)18(10-12)25-3/h4-11,19H,1-3H3. The maximum atomic E-state index is 12.5. The van der Waals surface area contributed by atoms with E-state index >= 15 is 0 Å². The van der Waals surface area contributed by atoms with Gasteiger partial charge in [0.05, 0.1) is 26.9 Å². The lowest BCUT2D eigenvalue weighted by molar-refractivity contribution is -0.0512. The number of carbonyl (C=O) groups excluding carboxylic acids is 1. The fourth-order valence-electron chi connectivity index (χ4n) is 2.25. The summed E-state index contributed by atoms with van der Waals surface area (Å²) in [6.07, 6.45) is 2.88. The summed E-state index contributed by atoms with van der Waals surface area (Å²) >= 11 is 0. The normalized spacial score (nSPS) is 10.8. The zero-order valence-corrected chi connectivity index (χ0v) is 14.5. The average Bonchev–Trinajstić information content (AvgIpc) is 2.65. The highest BCUT2D eigenvalue weighted by atomic mass is 19.3. The first-order valence-corrected chi connectivity index (χ1v) is 7.55. The van der Waals surface area contributed by atoms with E-state index in [2.05, 4.69) is 4.74 Å². The molecule has 2 aromatic rings. The van der Waals surface area contributed by atoms with E-state index in [1.54, 1.807) is 18.2 Å². The number of carbonyl (C=O) groups is 1. The van der Waals surface area contributed by atoms with Crippen LogP contribution in [0.1, 0.15) is 15.9 Å². The Labute approximate surface area is 149 Å². The minimum Gasteiger partial charge on any atom is -0.497 e. The van der Waals surface area contributed by atoms with Crippen LogP contribution in [0.5, 0.6) is 23.0 Å². The van der Waals surface area contributed by atoms with Gasteiger partial charge < -0.3 is 18.9 Å². The Morgan fingerprint density at radius 2 is 1.62 bits per heavy atom. The largest absolute Gasteiger partial charge is 0.497 e. The summed E-state index contributed by atoms with van der Waals surface area (Å²) in [5.74, 6) is 0.698. The van der Waals surface area contributed by atoms with Crippen molar-refractivity contribution >= 4 is 11.9 Å². The fourth-order valence-corrected chi connectivity index (χ4v) is 2.25. The van der Waals surface area contributed by atoms with Crippen LogP contribution in [-0.2, 0) is 0 Å². The molecule has 0 N–H and O–H groups in total. The molecule has 0 bridgehead atoms. The van der Waals surface area contributed by atoms with E-state index in [1.807, 2.05) is 0 Å². The molecule has 0 aliphatic rings. The Balaban J connectivity index is 2.25. The van der Waals surface area contributed by atoms with Gasteiger partial charge in [-0.3, -0.25) is 4.79 Å². The third-order valence-corrected chi connectivity index (χ3v) is 3.50. The maximum Gasteiger partial charge on any atom is 0.387 e. The highest BCUT2D eigenvalue weighted by Gasteiger charge is 2.12. The van der Waals surface area contributed by atoms with Crippen molar-refractivity contribution in [2.24, 2.45) is 0 Å². The van der Waals surface area contributed by atoms with Gasteiger partial charge in [-0.25, -0.2) is 0 Å². The summed E-state index contributed by atoms with van der Waals surface area (Å²) in [7, 11) is 4.31. The zero-order valence-electron chi connectivity index (χ0n) is 14.5. The van der Waals surface area contributed by atoms with Crippen molar-refractivity contribution in [3.63, 3.8) is 0 Å². The second kappa shape index (κ2) is 8.84. The minimum absolute atomic E-state index is 0.0829. The predicted octanol–water partition coefficient (Wildman–Crippen LogP) is 4.21. The fraction of sp³-hybridized carbons (Fsp3) is 0.211. The third-order valence-electron chi connectivity index (χ3n) is 3.50. The first-order valence-electron chi connectivity index (χ1n) is 7.55. The second-order valence-electron chi connectivity index (χ2n) is 5.05. The summed E-state index contributed by atoms with van der Waals surface area (Å²) in [5.41, 5.74) is 0.923. The molecule has 0 aliphatic carbocycles. The first-order chi connectivity index (χ1) is 12.5. The molecule has 0 unspecified atom stereocenters. The summed E-state index contributed by atoms with van der Waals surface area (Å²) in [6, 6.07) is 9.27. The van der Waals surface area contributed by atoms with Gasteiger partial charge in [0.25, 0.3) is 0 Å². The van der Waals surface area contributed by atoms with Crippen molar-refractivity contribution in [2.75, 3.05) is 21.3 Å². The molecule has 0 amide bonds. The number of rotatable bonds is 8. The number of ether oxygens (including phenoxy) is 4. The molecule has 0 saturated heterocycles. The van der Waals surface area contributed by atoms with Crippen molar-refractivity contribution in [3.05, 3.63) is 53.6 Å². The molecule has 0 aromatic heterocycles. The van der Waals surface area contributed by atoms with Gasteiger partial charge >= 0.3 is 6.61 Å². The predicted molar refractivity (Wildman–Crippen MR) is 92.5 cm³/mol. The van der Waals surface area contributed by atoms with Crippen LogP contribution in [0.15, 0.2) is 42.5 Å². The number of halogens is 2. The Morgan fingerprint density at radius 1 is 0.923 bits per heavy atom. The van der Waals surface area contributed by atoms with Gasteiger partial charge in [-0.2, -0.15) is 8.78 Å². The molecule has 0 aliphatic heterocycles. The van der Waals surface area contributed by atoms with E-state index in [9.17, 15) is 13.6 Å². The molecule has 2 aromatic carbocycles. The summed E-state index contributed by atoms with van der Waals surface area (Å²) in [4.78, 5) is 12.5. The van der Waals surface area contributed by atoms with Crippen LogP contribution in [0.3, 0.4) is 0 Å². The summed E-state index contributed by atoms with van der Waals surface area (Å²) in [6.45, 7) is -2.95. The summed E-state index contributed by atoms with van der Waals surface area (Å²) in [5, 5.41) is 0. The SMILES string of the molecule is COc1ccc(OC)c(C(=O)C=Cc2ccc(OC(F)F)c(OC)c2)c1. The number of allylic oxidation sites excluding steroid dienone is 1. The van der Waals surface area contributed by atoms with Gasteiger partial charge in [0.1, 0.15) is 11.5 Å². The molecule has 0 heterocycles. The van der Waals surface area contributed by atoms with E-state index in [0.29, 0.717) is 22.6 Å². The smallest absolute Gasteiger partial charge is 0.387 e. The second-order valence-corrected chi connectivity index (χ2v) is 5.05. The molecule has 0 saturated carbocycles. The number of ketones is 1. The quantitative estimate of drug-likeness (QED) is 0.519. The van der Waals surface area contributed by atoms with Crippen molar-refractivity contribution in [1.29, 1.82) is 0 Å². The first kappa shape index (κ1) is 19.2. The van der Waals surface area contributed by atoms with Gasteiger partial charge in [0.15, 0.2) is 17.3 Å². The third kappa shape index (κ3) is 4.72. The van der Waals surface area contributed by atoms with Crippen LogP contribution in [-0.4, -0.2) is 33.7 Å². The number of benzene rings is 2. The highest BCUT2D eigenvalue weighted by Crippen LogP contribution is 2.30. The van der Waals surface area contributed by atoms with E-state index in [1.165, 1.54) is 51.7 Å². The lowest BCUT2D eigenvalue weighted by Crippen LogP contribution is -2.03. The van der Waals surface area contributed by atoms with E-state index < -0.39 is 6.61 Å². The molecule has 5 nitrogen and oxygen atoms in total. The average molecular weight is 364 g/mol. The molecule has 0 atom stereocenters. The van der Waals surface area contributed by atoms with Crippen LogP contribution in [0, 0.1) is 0 Å². The van der Waals surface area contributed by atoms with Crippen LogP contribution in [0.25, 0.3) is 6.08 Å². The lowest BCUT2D eigenvalue weighted by atomic mass is 10.1. The number of alkyl halides is 2. The Bertz CT molecular complexity index is 803. The van der Waals surface area contributed by atoms with Crippen molar-refractivity contribution < 1.29 is 32.5 Å². The molecule has 26 heavy (non-hydrogen) atoms. The van der Waals surface area contributed by atoms with Crippen LogP contribution in [0.4, 0.5) is 8.78 Å². The highest BCUT2D eigenvalue weighted by molar-refractivity contribution is 6.08. The molecule has 0 radical (unpaired) electrons. The van der Waals surface area contributed by atoms with Gasteiger partial charge in [-0.15, -0.1) is 0 Å². The minimum atomic E-state index is -2.95. The molecule has 2 rings (SSSR count). The van der Waals surface area contributed by atoms with Gasteiger partial charge in [-0.05, 0) is 42.0 Å². The van der Waals surface area contributed by atoms with Crippen LogP contribution in [0.2, 0.25) is 0 Å². The lowest BCUT2D eigenvalue weighted by Gasteiger charge is -2.10. The van der Waals surface area contributed by atoms with Gasteiger partial charge in [0, 0.05) is 0 Å². The number of hydrogen-bond acceptors (Lipinski definition) is 5. The van der Waals surface area contributed by atoms with Crippen molar-refractivity contribution in [3.8, 4) is 23.0 Å². The Kier molecular flexibility index (Phi) is 6.54. The Morgan fingerprint density at radius 3 is 2.23 bits per heavy atom. The van der Waals surface area contributed by atoms with E-state index in [4.69, 9.17) is 14.2 Å². The van der Waals surface area contributed by atoms with Gasteiger partial charge in [-0.1, -0.05) is 12.1 Å². The molecular formula is C19H18F2O5. The van der Waals surface area contributed by atoms with Gasteiger partial charge in [0.2, 0.25) is 0 Å². The molecular weight excluding hydrogens is 346 g/mol. The van der Waals surface area contributed by atoms with Crippen LogP contribution >= 0.6 is 0 Å². The van der Waals surface area contributed by atoms with Crippen molar-refractivity contribution in [2.45, 2.75) is 6.61 Å². The number of hydrogen-bond donors (Lipinski definition) is 0. The zero-order chi connectivity index (χ0) is 19.1. The molecule has 0 spiro atoms. The van der Waals surface area contributed by atoms with Crippen molar-refractivity contribution in [1.82, 2.24) is 0 Å². The monoisotopic (exact) mass is 364 g/mol. The Hall–Kier alpha value is -3.09.